The maximum atomic E-state index is 12.8. The first-order valence-corrected chi connectivity index (χ1v) is 12.7. The Labute approximate surface area is 225 Å². The number of benzene rings is 3. The molecule has 38 heavy (non-hydrogen) atoms. The molecule has 0 aromatic heterocycles. The van der Waals surface area contributed by atoms with E-state index in [0.717, 1.165) is 33.4 Å². The van der Waals surface area contributed by atoms with E-state index in [1.54, 1.807) is 42.5 Å². The van der Waals surface area contributed by atoms with Crippen LogP contribution in [0.2, 0.25) is 0 Å². The summed E-state index contributed by atoms with van der Waals surface area (Å²) in [5, 5.41) is 5.05. The third kappa shape index (κ3) is 6.68. The lowest BCUT2D eigenvalue weighted by atomic mass is 10.1. The molecule has 0 bridgehead atoms. The van der Waals surface area contributed by atoms with Crippen LogP contribution in [0, 0.1) is 20.8 Å². The summed E-state index contributed by atoms with van der Waals surface area (Å²) < 4.78 is 5.55. The summed E-state index contributed by atoms with van der Waals surface area (Å²) in [7, 11) is 0. The number of thioether (sulfide) groups is 1. The Kier molecular flexibility index (Phi) is 8.28. The quantitative estimate of drug-likeness (QED) is 0.384. The number of aryl methyl sites for hydroxylation is 2. The van der Waals surface area contributed by atoms with Crippen molar-refractivity contribution >= 4 is 52.2 Å². The summed E-state index contributed by atoms with van der Waals surface area (Å²) >= 11 is 0.785. The highest BCUT2D eigenvalue weighted by Crippen LogP contribution is 2.32. The molecule has 2 N–H and O–H groups in total. The Morgan fingerprint density at radius 1 is 0.921 bits per heavy atom. The summed E-state index contributed by atoms with van der Waals surface area (Å²) in [4.78, 5) is 51.1. The Morgan fingerprint density at radius 2 is 1.66 bits per heavy atom. The molecular weight excluding hydrogens is 502 g/mol. The summed E-state index contributed by atoms with van der Waals surface area (Å²) in [6.07, 6.45) is 1.59. The van der Waals surface area contributed by atoms with Crippen molar-refractivity contribution in [2.24, 2.45) is 0 Å². The first-order valence-electron chi connectivity index (χ1n) is 11.9. The summed E-state index contributed by atoms with van der Waals surface area (Å²) in [6, 6.07) is 19.8. The number of hydrogen-bond acceptors (Lipinski definition) is 6. The Balaban J connectivity index is 1.32. The zero-order chi connectivity index (χ0) is 27.2. The fourth-order valence-corrected chi connectivity index (χ4v) is 4.57. The minimum atomic E-state index is -0.524. The van der Waals surface area contributed by atoms with Crippen LogP contribution in [0.1, 0.15) is 22.3 Å². The fourth-order valence-electron chi connectivity index (χ4n) is 3.74. The molecule has 0 atom stereocenters. The van der Waals surface area contributed by atoms with Gasteiger partial charge in [-0.3, -0.25) is 24.1 Å². The number of nitrogens with zero attached hydrogens (tertiary/aromatic N) is 1. The summed E-state index contributed by atoms with van der Waals surface area (Å²) in [5.74, 6) is -0.771. The second kappa shape index (κ2) is 11.8. The second-order valence-corrected chi connectivity index (χ2v) is 9.83. The molecule has 0 aliphatic carbocycles. The number of hydrogen-bond donors (Lipinski definition) is 2. The van der Waals surface area contributed by atoms with Crippen LogP contribution in [0.25, 0.3) is 6.08 Å². The minimum absolute atomic E-state index is 0.156. The number of carbonyl (C=O) groups is 4. The number of ether oxygens (including phenoxy) is 1. The normalized spacial score (nSPS) is 14.1. The first-order chi connectivity index (χ1) is 18.2. The molecule has 0 unspecified atom stereocenters. The molecular formula is C29H27N3O5S. The Hall–Kier alpha value is -4.37. The van der Waals surface area contributed by atoms with Crippen LogP contribution in [0.4, 0.5) is 16.2 Å². The van der Waals surface area contributed by atoms with Crippen LogP contribution in [-0.2, 0) is 14.4 Å². The van der Waals surface area contributed by atoms with E-state index in [2.05, 4.69) is 10.6 Å². The monoisotopic (exact) mass is 529 g/mol. The van der Waals surface area contributed by atoms with E-state index < -0.39 is 17.1 Å². The second-order valence-electron chi connectivity index (χ2n) is 8.84. The van der Waals surface area contributed by atoms with Crippen molar-refractivity contribution in [3.8, 4) is 5.75 Å². The number of imide groups is 1. The van der Waals surface area contributed by atoms with Crippen molar-refractivity contribution in [1.29, 1.82) is 0 Å². The van der Waals surface area contributed by atoms with E-state index in [4.69, 9.17) is 4.74 Å². The number of rotatable bonds is 8. The van der Waals surface area contributed by atoms with Crippen LogP contribution in [-0.4, -0.2) is 41.0 Å². The van der Waals surface area contributed by atoms with Gasteiger partial charge in [0.15, 0.2) is 6.61 Å². The van der Waals surface area contributed by atoms with Crippen LogP contribution in [0.3, 0.4) is 0 Å². The molecule has 3 aromatic rings. The van der Waals surface area contributed by atoms with Gasteiger partial charge in [0.1, 0.15) is 12.3 Å². The van der Waals surface area contributed by atoms with Gasteiger partial charge in [0.05, 0.1) is 4.91 Å². The van der Waals surface area contributed by atoms with Crippen molar-refractivity contribution in [3.63, 3.8) is 0 Å². The van der Waals surface area contributed by atoms with Gasteiger partial charge in [-0.05, 0) is 91.2 Å². The van der Waals surface area contributed by atoms with Gasteiger partial charge in [-0.25, -0.2) is 0 Å². The number of nitrogens with one attached hydrogen (secondary N) is 2. The first kappa shape index (κ1) is 26.7. The molecule has 0 radical (unpaired) electrons. The van der Waals surface area contributed by atoms with E-state index in [0.29, 0.717) is 22.7 Å². The molecule has 0 spiro atoms. The number of amides is 4. The maximum absolute atomic E-state index is 12.8. The lowest BCUT2D eigenvalue weighted by Gasteiger charge is -2.14. The molecule has 3 aromatic carbocycles. The van der Waals surface area contributed by atoms with Gasteiger partial charge in [-0.2, -0.15) is 0 Å². The third-order valence-electron chi connectivity index (χ3n) is 5.90. The molecule has 1 aliphatic heterocycles. The molecule has 1 aliphatic rings. The standard InChI is InChI=1S/C29H27N3O5S/c1-18-6-4-8-22(14-18)30-27(34)17-37-23-12-10-21(11-13-23)15-25-28(35)32(29(36)38-25)16-26(33)31-24-9-5-7-19(2)20(24)3/h4-15H,16-17H2,1-3H3,(H,30,34)(H,31,33)/b25-15+. The van der Waals surface area contributed by atoms with Crippen LogP contribution < -0.4 is 15.4 Å². The van der Waals surface area contributed by atoms with Crippen LogP contribution in [0.5, 0.6) is 5.75 Å². The van der Waals surface area contributed by atoms with Gasteiger partial charge < -0.3 is 15.4 Å². The van der Waals surface area contributed by atoms with E-state index in [1.807, 2.05) is 51.1 Å². The topological polar surface area (TPSA) is 105 Å². The van der Waals surface area contributed by atoms with Crippen molar-refractivity contribution in [2.75, 3.05) is 23.8 Å². The smallest absolute Gasteiger partial charge is 0.294 e. The molecule has 9 heteroatoms. The lowest BCUT2D eigenvalue weighted by Crippen LogP contribution is -2.36. The Bertz CT molecular complexity index is 1430. The zero-order valence-electron chi connectivity index (χ0n) is 21.2. The van der Waals surface area contributed by atoms with Gasteiger partial charge in [0, 0.05) is 11.4 Å². The maximum Gasteiger partial charge on any atom is 0.294 e. The van der Waals surface area contributed by atoms with Gasteiger partial charge in [0.25, 0.3) is 17.1 Å². The van der Waals surface area contributed by atoms with E-state index >= 15 is 0 Å². The molecule has 4 amide bonds. The van der Waals surface area contributed by atoms with Gasteiger partial charge >= 0.3 is 0 Å². The van der Waals surface area contributed by atoms with Gasteiger partial charge in [-0.15, -0.1) is 0 Å². The highest BCUT2D eigenvalue weighted by Gasteiger charge is 2.36. The molecule has 4 rings (SSSR count). The molecule has 1 fully saturated rings. The number of carbonyl (C=O) groups excluding carboxylic acids is 4. The average molecular weight is 530 g/mol. The van der Waals surface area contributed by atoms with E-state index in [1.165, 1.54) is 0 Å². The molecule has 0 saturated carbocycles. The predicted octanol–water partition coefficient (Wildman–Crippen LogP) is 5.30. The zero-order valence-corrected chi connectivity index (χ0v) is 22.1. The fraction of sp³-hybridized carbons (Fsp3) is 0.172. The summed E-state index contributed by atoms with van der Waals surface area (Å²) in [5.41, 5.74) is 5.01. The van der Waals surface area contributed by atoms with Crippen molar-refractivity contribution < 1.29 is 23.9 Å². The van der Waals surface area contributed by atoms with Gasteiger partial charge in [0.2, 0.25) is 5.91 Å². The van der Waals surface area contributed by atoms with Crippen LogP contribution in [0.15, 0.2) is 71.6 Å². The van der Waals surface area contributed by atoms with Crippen molar-refractivity contribution in [1.82, 2.24) is 4.90 Å². The summed E-state index contributed by atoms with van der Waals surface area (Å²) in [6.45, 7) is 5.25. The minimum Gasteiger partial charge on any atom is -0.484 e. The molecule has 8 nitrogen and oxygen atoms in total. The largest absolute Gasteiger partial charge is 0.484 e. The van der Waals surface area contributed by atoms with Crippen molar-refractivity contribution in [2.45, 2.75) is 20.8 Å². The third-order valence-corrected chi connectivity index (χ3v) is 6.81. The molecule has 194 valence electrons. The van der Waals surface area contributed by atoms with E-state index in [9.17, 15) is 19.2 Å². The predicted molar refractivity (Wildman–Crippen MR) is 149 cm³/mol. The lowest BCUT2D eigenvalue weighted by molar-refractivity contribution is -0.127. The van der Waals surface area contributed by atoms with E-state index in [-0.39, 0.29) is 24.0 Å². The van der Waals surface area contributed by atoms with Crippen molar-refractivity contribution in [3.05, 3.63) is 93.9 Å². The number of anilines is 2. The molecule has 1 heterocycles. The SMILES string of the molecule is Cc1cccc(NC(=O)COc2ccc(/C=C3/SC(=O)N(CC(=O)Nc4cccc(C)c4C)C3=O)cc2)c1. The highest BCUT2D eigenvalue weighted by atomic mass is 32.2. The van der Waals surface area contributed by atoms with Crippen LogP contribution >= 0.6 is 11.8 Å². The van der Waals surface area contributed by atoms with Gasteiger partial charge in [-0.1, -0.05) is 36.4 Å². The highest BCUT2D eigenvalue weighted by molar-refractivity contribution is 8.18. The molecule has 1 saturated heterocycles. The Morgan fingerprint density at radius 3 is 2.39 bits per heavy atom. The average Bonchev–Trinajstić information content (AvgIpc) is 3.13.